The van der Waals surface area contributed by atoms with Crippen LogP contribution in [-0.2, 0) is 17.2 Å². The minimum Gasteiger partial charge on any atom is -0.357 e. The van der Waals surface area contributed by atoms with Crippen molar-refractivity contribution in [1.29, 1.82) is 0 Å². The van der Waals surface area contributed by atoms with Gasteiger partial charge in [0.05, 0.1) is 6.54 Å². The van der Waals surface area contributed by atoms with Gasteiger partial charge in [-0.05, 0) is 40.6 Å². The highest BCUT2D eigenvalue weighted by Gasteiger charge is 2.34. The molecule has 1 unspecified atom stereocenters. The molecule has 0 saturated heterocycles. The number of hydrogen-bond acceptors (Lipinski definition) is 3. The Morgan fingerprint density at radius 1 is 0.958 bits per heavy atom. The number of aliphatic hydroxyl groups is 1. The van der Waals surface area contributed by atoms with Gasteiger partial charge in [-0.2, -0.15) is 0 Å². The van der Waals surface area contributed by atoms with Gasteiger partial charge in [0.25, 0.3) is 0 Å². The van der Waals surface area contributed by atoms with E-state index in [4.69, 9.17) is 4.84 Å². The molecule has 1 heterocycles. The third kappa shape index (κ3) is 2.77. The molecule has 1 aliphatic heterocycles. The van der Waals surface area contributed by atoms with Gasteiger partial charge in [0.15, 0.2) is 0 Å². The van der Waals surface area contributed by atoms with E-state index < -0.39 is 5.79 Å². The molecule has 1 N–H and O–H groups in total. The van der Waals surface area contributed by atoms with Crippen molar-refractivity contribution < 1.29 is 14.3 Å². The molecule has 1 aliphatic rings. The molecule has 0 bridgehead atoms. The van der Waals surface area contributed by atoms with E-state index in [1.807, 2.05) is 18.2 Å². The molecule has 0 radical (unpaired) electrons. The third-order valence-corrected chi connectivity index (χ3v) is 4.13. The topological polar surface area (TPSA) is 32.7 Å². The predicted octanol–water partition coefficient (Wildman–Crippen LogP) is 4.09. The van der Waals surface area contributed by atoms with E-state index in [0.29, 0.717) is 12.1 Å². The van der Waals surface area contributed by atoms with Crippen molar-refractivity contribution in [3.63, 3.8) is 0 Å². The number of fused-ring (bicyclic) bond motifs is 1. The lowest BCUT2D eigenvalue weighted by Gasteiger charge is -2.24. The predicted molar refractivity (Wildman–Crippen MR) is 90.0 cm³/mol. The average molecular weight is 321 g/mol. The average Bonchev–Trinajstić information content (AvgIpc) is 2.97. The Morgan fingerprint density at radius 3 is 2.50 bits per heavy atom. The fourth-order valence-corrected chi connectivity index (χ4v) is 2.86. The van der Waals surface area contributed by atoms with Crippen molar-refractivity contribution >= 4 is 10.8 Å². The molecule has 0 fully saturated rings. The van der Waals surface area contributed by atoms with E-state index in [1.54, 1.807) is 17.3 Å². The summed E-state index contributed by atoms with van der Waals surface area (Å²) < 4.78 is 13.0. The molecule has 0 saturated carbocycles. The lowest BCUT2D eigenvalue weighted by molar-refractivity contribution is -0.280. The Labute approximate surface area is 139 Å². The Hall–Kier alpha value is -2.69. The zero-order valence-electron chi connectivity index (χ0n) is 12.9. The molecular formula is C20H16FNO2. The van der Waals surface area contributed by atoms with Crippen LogP contribution in [0.2, 0.25) is 0 Å². The molecule has 4 rings (SSSR count). The molecule has 4 heteroatoms. The van der Waals surface area contributed by atoms with E-state index in [-0.39, 0.29) is 5.82 Å². The largest absolute Gasteiger partial charge is 0.357 e. The summed E-state index contributed by atoms with van der Waals surface area (Å²) in [5.74, 6) is -1.91. The van der Waals surface area contributed by atoms with Crippen molar-refractivity contribution in [2.45, 2.75) is 12.3 Å². The smallest absolute Gasteiger partial charge is 0.238 e. The highest BCUT2D eigenvalue weighted by molar-refractivity contribution is 5.82. The number of benzene rings is 3. The number of hydroxylamine groups is 2. The molecule has 3 aromatic rings. The number of nitrogens with zero attached hydrogens (tertiary/aromatic N) is 1. The summed E-state index contributed by atoms with van der Waals surface area (Å²) >= 11 is 0. The number of hydrogen-bond donors (Lipinski definition) is 1. The van der Waals surface area contributed by atoms with Crippen LogP contribution in [0.4, 0.5) is 4.39 Å². The summed E-state index contributed by atoms with van der Waals surface area (Å²) in [6.07, 6.45) is 3.25. The second kappa shape index (κ2) is 5.74. The molecule has 24 heavy (non-hydrogen) atoms. The van der Waals surface area contributed by atoms with Crippen LogP contribution in [0.5, 0.6) is 0 Å². The van der Waals surface area contributed by atoms with Crippen molar-refractivity contribution in [2.24, 2.45) is 0 Å². The van der Waals surface area contributed by atoms with E-state index in [0.717, 1.165) is 10.9 Å². The molecule has 0 spiro atoms. The SMILES string of the molecule is OC1(c2ccc(F)cc2)C=CN(Cc2ccc3ccccc3c2)O1. The zero-order valence-corrected chi connectivity index (χ0v) is 12.9. The first kappa shape index (κ1) is 14.9. The van der Waals surface area contributed by atoms with Gasteiger partial charge in [0.2, 0.25) is 5.79 Å². The second-order valence-corrected chi connectivity index (χ2v) is 5.87. The van der Waals surface area contributed by atoms with Gasteiger partial charge in [-0.25, -0.2) is 9.23 Å². The molecule has 3 aromatic carbocycles. The van der Waals surface area contributed by atoms with Crippen molar-refractivity contribution in [2.75, 3.05) is 0 Å². The first-order valence-corrected chi connectivity index (χ1v) is 7.74. The van der Waals surface area contributed by atoms with Crippen molar-refractivity contribution in [3.8, 4) is 0 Å². The first-order valence-electron chi connectivity index (χ1n) is 7.74. The maximum Gasteiger partial charge on any atom is 0.238 e. The van der Waals surface area contributed by atoms with Gasteiger partial charge in [0.1, 0.15) is 5.82 Å². The van der Waals surface area contributed by atoms with Crippen LogP contribution in [0.3, 0.4) is 0 Å². The number of halogens is 1. The zero-order chi connectivity index (χ0) is 16.6. The van der Waals surface area contributed by atoms with Gasteiger partial charge in [0, 0.05) is 11.8 Å². The summed E-state index contributed by atoms with van der Waals surface area (Å²) in [6, 6.07) is 20.0. The fourth-order valence-electron chi connectivity index (χ4n) is 2.86. The Balaban J connectivity index is 1.52. The Bertz CT molecular complexity index is 907. The third-order valence-electron chi connectivity index (χ3n) is 4.13. The van der Waals surface area contributed by atoms with Gasteiger partial charge < -0.3 is 5.11 Å². The Morgan fingerprint density at radius 2 is 1.71 bits per heavy atom. The van der Waals surface area contributed by atoms with Crippen molar-refractivity contribution in [1.82, 2.24) is 5.06 Å². The monoisotopic (exact) mass is 321 g/mol. The van der Waals surface area contributed by atoms with Gasteiger partial charge >= 0.3 is 0 Å². The van der Waals surface area contributed by atoms with E-state index >= 15 is 0 Å². The van der Waals surface area contributed by atoms with Crippen molar-refractivity contribution in [3.05, 3.63) is 96.0 Å². The molecule has 0 amide bonds. The lowest BCUT2D eigenvalue weighted by Crippen LogP contribution is -2.28. The van der Waals surface area contributed by atoms with Crippen LogP contribution in [0, 0.1) is 5.82 Å². The standard InChI is InChI=1S/C20H16FNO2/c21-19-9-7-18(8-10-19)20(23)11-12-22(24-20)14-15-5-6-16-3-1-2-4-17(16)13-15/h1-13,23H,14H2. The van der Waals surface area contributed by atoms with Crippen LogP contribution < -0.4 is 0 Å². The molecule has 3 nitrogen and oxygen atoms in total. The summed E-state index contributed by atoms with van der Waals surface area (Å²) in [5.41, 5.74) is 1.56. The molecule has 120 valence electrons. The maximum absolute atomic E-state index is 13.0. The quantitative estimate of drug-likeness (QED) is 0.789. The van der Waals surface area contributed by atoms with Gasteiger partial charge in [-0.15, -0.1) is 0 Å². The molecule has 0 aliphatic carbocycles. The second-order valence-electron chi connectivity index (χ2n) is 5.87. The fraction of sp³-hybridized carbons (Fsp3) is 0.100. The van der Waals surface area contributed by atoms with E-state index in [9.17, 15) is 9.50 Å². The van der Waals surface area contributed by atoms with Crippen LogP contribution in [-0.4, -0.2) is 10.2 Å². The summed E-state index contributed by atoms with van der Waals surface area (Å²) in [7, 11) is 0. The normalized spacial score (nSPS) is 20.0. The van der Waals surface area contributed by atoms with E-state index in [1.165, 1.54) is 29.7 Å². The van der Waals surface area contributed by atoms with Gasteiger partial charge in [-0.1, -0.05) is 48.5 Å². The summed E-state index contributed by atoms with van der Waals surface area (Å²) in [5, 5.41) is 14.5. The molecule has 0 aromatic heterocycles. The minimum absolute atomic E-state index is 0.350. The number of rotatable bonds is 3. The van der Waals surface area contributed by atoms with Crippen LogP contribution >= 0.6 is 0 Å². The molecule has 1 atom stereocenters. The lowest BCUT2D eigenvalue weighted by atomic mass is 10.1. The van der Waals surface area contributed by atoms with E-state index in [2.05, 4.69) is 24.3 Å². The van der Waals surface area contributed by atoms with Crippen LogP contribution in [0.25, 0.3) is 10.8 Å². The first-order chi connectivity index (χ1) is 11.6. The highest BCUT2D eigenvalue weighted by atomic mass is 19.1. The van der Waals surface area contributed by atoms with Crippen LogP contribution in [0.15, 0.2) is 79.0 Å². The highest BCUT2D eigenvalue weighted by Crippen LogP contribution is 2.32. The van der Waals surface area contributed by atoms with Gasteiger partial charge in [-0.3, -0.25) is 5.06 Å². The minimum atomic E-state index is -1.56. The summed E-state index contributed by atoms with van der Waals surface area (Å²) in [6.45, 7) is 0.505. The van der Waals surface area contributed by atoms with Crippen LogP contribution in [0.1, 0.15) is 11.1 Å². The molecular weight excluding hydrogens is 305 g/mol. The maximum atomic E-state index is 13.0. The summed E-state index contributed by atoms with van der Waals surface area (Å²) in [4.78, 5) is 5.65. The Kier molecular flexibility index (Phi) is 3.56.